The molecule has 0 bridgehead atoms. The SMILES string of the molecule is COC(=O)NC(C)C(=O)N1CCC(Oc2ccc(C)cc2)CC1. The highest BCUT2D eigenvalue weighted by Crippen LogP contribution is 2.19. The van der Waals surface area contributed by atoms with E-state index in [-0.39, 0.29) is 12.0 Å². The van der Waals surface area contributed by atoms with Crippen LogP contribution in [0.25, 0.3) is 0 Å². The molecule has 6 nitrogen and oxygen atoms in total. The fraction of sp³-hybridized carbons (Fsp3) is 0.529. The van der Waals surface area contributed by atoms with Gasteiger partial charge in [-0.05, 0) is 26.0 Å². The number of alkyl carbamates (subject to hydrolysis) is 1. The van der Waals surface area contributed by atoms with Gasteiger partial charge >= 0.3 is 6.09 Å². The Hall–Kier alpha value is -2.24. The van der Waals surface area contributed by atoms with Crippen LogP contribution >= 0.6 is 0 Å². The molecule has 1 aromatic rings. The second-order valence-corrected chi connectivity index (χ2v) is 5.81. The molecule has 0 radical (unpaired) electrons. The van der Waals surface area contributed by atoms with Crippen molar-refractivity contribution in [3.8, 4) is 5.75 Å². The predicted octanol–water partition coefficient (Wildman–Crippen LogP) is 2.11. The Kier molecular flexibility index (Phi) is 5.84. The molecule has 1 aromatic carbocycles. The number of methoxy groups -OCH3 is 1. The van der Waals surface area contributed by atoms with Crippen molar-refractivity contribution in [3.63, 3.8) is 0 Å². The average molecular weight is 320 g/mol. The van der Waals surface area contributed by atoms with Crippen LogP contribution in [0.1, 0.15) is 25.3 Å². The van der Waals surface area contributed by atoms with E-state index in [2.05, 4.69) is 10.1 Å². The summed E-state index contributed by atoms with van der Waals surface area (Å²) in [5, 5.41) is 2.50. The number of piperidine rings is 1. The normalized spacial score (nSPS) is 16.6. The van der Waals surface area contributed by atoms with E-state index in [0.29, 0.717) is 13.1 Å². The van der Waals surface area contributed by atoms with Crippen molar-refractivity contribution in [2.24, 2.45) is 0 Å². The molecule has 1 unspecified atom stereocenters. The standard InChI is InChI=1S/C17H24N2O4/c1-12-4-6-14(7-5-12)23-15-8-10-19(11-9-15)16(20)13(2)18-17(21)22-3/h4-7,13,15H,8-11H2,1-3H3,(H,18,21). The number of carbonyl (C=O) groups is 2. The van der Waals surface area contributed by atoms with Crippen LogP contribution in [0, 0.1) is 6.92 Å². The Bertz CT molecular complexity index is 536. The first-order valence-corrected chi connectivity index (χ1v) is 7.86. The highest BCUT2D eigenvalue weighted by molar-refractivity contribution is 5.85. The quantitative estimate of drug-likeness (QED) is 0.922. The first-order chi connectivity index (χ1) is 11.0. The number of likely N-dealkylation sites (tertiary alicyclic amines) is 1. The molecule has 1 fully saturated rings. The number of nitrogens with one attached hydrogen (secondary N) is 1. The van der Waals surface area contributed by atoms with Crippen molar-refractivity contribution < 1.29 is 19.1 Å². The molecular weight excluding hydrogens is 296 g/mol. The summed E-state index contributed by atoms with van der Waals surface area (Å²) in [4.78, 5) is 25.2. The van der Waals surface area contributed by atoms with E-state index in [1.54, 1.807) is 11.8 Å². The Morgan fingerprint density at radius 1 is 1.22 bits per heavy atom. The minimum absolute atomic E-state index is 0.0933. The van der Waals surface area contributed by atoms with Gasteiger partial charge in [0.2, 0.25) is 5.91 Å². The lowest BCUT2D eigenvalue weighted by Gasteiger charge is -2.33. The summed E-state index contributed by atoms with van der Waals surface area (Å²) >= 11 is 0. The summed E-state index contributed by atoms with van der Waals surface area (Å²) in [5.41, 5.74) is 1.20. The predicted molar refractivity (Wildman–Crippen MR) is 86.4 cm³/mol. The molecule has 1 saturated heterocycles. The second kappa shape index (κ2) is 7.85. The van der Waals surface area contributed by atoms with E-state index in [4.69, 9.17) is 4.74 Å². The van der Waals surface area contributed by atoms with Crippen molar-refractivity contribution in [1.82, 2.24) is 10.2 Å². The molecule has 126 valence electrons. The molecule has 6 heteroatoms. The summed E-state index contributed by atoms with van der Waals surface area (Å²) in [7, 11) is 1.28. The molecule has 1 heterocycles. The molecule has 2 amide bonds. The van der Waals surface area contributed by atoms with Crippen LogP contribution in [0.4, 0.5) is 4.79 Å². The van der Waals surface area contributed by atoms with Crippen molar-refractivity contribution >= 4 is 12.0 Å². The lowest BCUT2D eigenvalue weighted by Crippen LogP contribution is -2.50. The van der Waals surface area contributed by atoms with Gasteiger partial charge in [0.1, 0.15) is 17.9 Å². The van der Waals surface area contributed by atoms with E-state index in [9.17, 15) is 9.59 Å². The van der Waals surface area contributed by atoms with Crippen LogP contribution in [0.2, 0.25) is 0 Å². The van der Waals surface area contributed by atoms with Crippen molar-refractivity contribution in [3.05, 3.63) is 29.8 Å². The summed E-state index contributed by atoms with van der Waals surface area (Å²) < 4.78 is 10.5. The third-order valence-corrected chi connectivity index (χ3v) is 3.97. The molecule has 1 N–H and O–H groups in total. The number of nitrogens with zero attached hydrogens (tertiary/aromatic N) is 1. The van der Waals surface area contributed by atoms with Crippen LogP contribution in [0.15, 0.2) is 24.3 Å². The summed E-state index contributed by atoms with van der Waals surface area (Å²) in [6, 6.07) is 7.39. The fourth-order valence-electron chi connectivity index (χ4n) is 2.57. The zero-order chi connectivity index (χ0) is 16.8. The number of hydrogen-bond donors (Lipinski definition) is 1. The Labute approximate surface area is 136 Å². The van der Waals surface area contributed by atoms with Gasteiger partial charge in [-0.2, -0.15) is 0 Å². The zero-order valence-corrected chi connectivity index (χ0v) is 13.9. The average Bonchev–Trinajstić information content (AvgIpc) is 2.56. The molecule has 2 rings (SSSR count). The van der Waals surface area contributed by atoms with Crippen LogP contribution in [-0.2, 0) is 9.53 Å². The van der Waals surface area contributed by atoms with Crippen LogP contribution in [0.5, 0.6) is 5.75 Å². The highest BCUT2D eigenvalue weighted by atomic mass is 16.5. The van der Waals surface area contributed by atoms with E-state index >= 15 is 0 Å². The Morgan fingerprint density at radius 3 is 2.39 bits per heavy atom. The maximum absolute atomic E-state index is 12.3. The fourth-order valence-corrected chi connectivity index (χ4v) is 2.57. The van der Waals surface area contributed by atoms with Crippen LogP contribution in [-0.4, -0.2) is 49.2 Å². The van der Waals surface area contributed by atoms with Gasteiger partial charge in [0.05, 0.1) is 7.11 Å². The van der Waals surface area contributed by atoms with E-state index in [1.165, 1.54) is 12.7 Å². The Balaban J connectivity index is 1.80. The molecule has 0 aromatic heterocycles. The minimum atomic E-state index is -0.594. The number of benzene rings is 1. The lowest BCUT2D eigenvalue weighted by molar-refractivity contribution is -0.134. The van der Waals surface area contributed by atoms with Crippen LogP contribution in [0.3, 0.4) is 0 Å². The van der Waals surface area contributed by atoms with Gasteiger partial charge in [0, 0.05) is 25.9 Å². The van der Waals surface area contributed by atoms with Gasteiger partial charge < -0.3 is 19.7 Å². The third kappa shape index (κ3) is 4.87. The topological polar surface area (TPSA) is 67.9 Å². The number of amides is 2. The maximum Gasteiger partial charge on any atom is 0.407 e. The van der Waals surface area contributed by atoms with Gasteiger partial charge in [0.25, 0.3) is 0 Å². The van der Waals surface area contributed by atoms with Crippen molar-refractivity contribution in [1.29, 1.82) is 0 Å². The van der Waals surface area contributed by atoms with Gasteiger partial charge in [-0.25, -0.2) is 4.79 Å². The van der Waals surface area contributed by atoms with E-state index < -0.39 is 12.1 Å². The molecule has 0 saturated carbocycles. The van der Waals surface area contributed by atoms with Gasteiger partial charge in [-0.3, -0.25) is 4.79 Å². The summed E-state index contributed by atoms with van der Waals surface area (Å²) in [6.07, 6.45) is 1.09. The number of hydrogen-bond acceptors (Lipinski definition) is 4. The van der Waals surface area contributed by atoms with E-state index in [0.717, 1.165) is 18.6 Å². The first kappa shape index (κ1) is 17.1. The molecular formula is C17H24N2O4. The molecule has 23 heavy (non-hydrogen) atoms. The van der Waals surface area contributed by atoms with E-state index in [1.807, 2.05) is 31.2 Å². The summed E-state index contributed by atoms with van der Waals surface area (Å²) in [6.45, 7) is 4.96. The van der Waals surface area contributed by atoms with Gasteiger partial charge in [0.15, 0.2) is 0 Å². The first-order valence-electron chi connectivity index (χ1n) is 7.86. The Morgan fingerprint density at radius 2 is 1.83 bits per heavy atom. The highest BCUT2D eigenvalue weighted by Gasteiger charge is 2.27. The molecule has 1 aliphatic rings. The molecule has 0 spiro atoms. The largest absolute Gasteiger partial charge is 0.490 e. The summed E-state index contributed by atoms with van der Waals surface area (Å²) in [5.74, 6) is 0.769. The minimum Gasteiger partial charge on any atom is -0.490 e. The number of ether oxygens (including phenoxy) is 2. The molecule has 1 aliphatic heterocycles. The van der Waals surface area contributed by atoms with Gasteiger partial charge in [-0.1, -0.05) is 17.7 Å². The van der Waals surface area contributed by atoms with Crippen molar-refractivity contribution in [2.45, 2.75) is 38.8 Å². The monoisotopic (exact) mass is 320 g/mol. The van der Waals surface area contributed by atoms with Crippen LogP contribution < -0.4 is 10.1 Å². The second-order valence-electron chi connectivity index (χ2n) is 5.81. The maximum atomic E-state index is 12.3. The number of rotatable bonds is 4. The lowest BCUT2D eigenvalue weighted by atomic mass is 10.1. The number of aryl methyl sites for hydroxylation is 1. The molecule has 1 atom stereocenters. The molecule has 0 aliphatic carbocycles. The smallest absolute Gasteiger partial charge is 0.407 e. The van der Waals surface area contributed by atoms with Gasteiger partial charge in [-0.15, -0.1) is 0 Å². The third-order valence-electron chi connectivity index (χ3n) is 3.97. The zero-order valence-electron chi connectivity index (χ0n) is 13.9. The number of carbonyl (C=O) groups excluding carboxylic acids is 2. The van der Waals surface area contributed by atoms with Crippen molar-refractivity contribution in [2.75, 3.05) is 20.2 Å².